The monoisotopic (exact) mass is 246 g/mol. The summed E-state index contributed by atoms with van der Waals surface area (Å²) >= 11 is 0. The van der Waals surface area contributed by atoms with Crippen molar-refractivity contribution in [3.63, 3.8) is 0 Å². The van der Waals surface area contributed by atoms with E-state index in [0.29, 0.717) is 26.1 Å². The minimum absolute atomic E-state index is 0.0341. The van der Waals surface area contributed by atoms with Gasteiger partial charge < -0.3 is 26.0 Å². The predicted molar refractivity (Wildman–Crippen MR) is 58.2 cm³/mol. The van der Waals surface area contributed by atoms with E-state index in [1.807, 2.05) is 0 Å². The third-order valence-electron chi connectivity index (χ3n) is 2.86. The number of hydrogen-bond acceptors (Lipinski definition) is 5. The highest BCUT2D eigenvalue weighted by Gasteiger charge is 2.37. The third kappa shape index (κ3) is 3.65. The lowest BCUT2D eigenvalue weighted by atomic mass is 9.90. The normalized spacial score (nSPS) is 20.6. The van der Waals surface area contributed by atoms with Crippen molar-refractivity contribution in [3.8, 4) is 0 Å². The molecule has 1 saturated heterocycles. The molecule has 1 amide bonds. The molecule has 7 nitrogen and oxygen atoms in total. The highest BCUT2D eigenvalue weighted by Crippen LogP contribution is 2.18. The first-order valence-electron chi connectivity index (χ1n) is 5.51. The van der Waals surface area contributed by atoms with E-state index in [9.17, 15) is 9.59 Å². The van der Waals surface area contributed by atoms with Gasteiger partial charge in [-0.05, 0) is 12.8 Å². The van der Waals surface area contributed by atoms with Crippen LogP contribution in [0.25, 0.3) is 0 Å². The van der Waals surface area contributed by atoms with E-state index < -0.39 is 23.5 Å². The molecule has 0 bridgehead atoms. The zero-order chi connectivity index (χ0) is 12.9. The number of amides is 1. The summed E-state index contributed by atoms with van der Waals surface area (Å²) in [5.74, 6) is -1.68. The van der Waals surface area contributed by atoms with E-state index in [2.05, 4.69) is 5.32 Å². The molecule has 0 aromatic heterocycles. The molecule has 1 aliphatic heterocycles. The van der Waals surface area contributed by atoms with E-state index in [1.54, 1.807) is 0 Å². The zero-order valence-electron chi connectivity index (χ0n) is 9.52. The van der Waals surface area contributed by atoms with E-state index >= 15 is 0 Å². The van der Waals surface area contributed by atoms with Crippen molar-refractivity contribution in [1.29, 1.82) is 0 Å². The lowest BCUT2D eigenvalue weighted by molar-refractivity contribution is -0.143. The summed E-state index contributed by atoms with van der Waals surface area (Å²) in [6.07, 6.45) is 0.697. The molecule has 5 N–H and O–H groups in total. The van der Waals surface area contributed by atoms with Gasteiger partial charge in [-0.15, -0.1) is 0 Å². The number of aliphatic hydroxyl groups is 1. The molecule has 17 heavy (non-hydrogen) atoms. The van der Waals surface area contributed by atoms with Crippen LogP contribution in [-0.4, -0.2) is 53.5 Å². The Morgan fingerprint density at radius 1 is 1.41 bits per heavy atom. The van der Waals surface area contributed by atoms with Crippen LogP contribution in [0.1, 0.15) is 19.3 Å². The summed E-state index contributed by atoms with van der Waals surface area (Å²) in [6.45, 7) is 0.473. The molecular formula is C10H18N2O5. The number of carboxylic acids is 1. The summed E-state index contributed by atoms with van der Waals surface area (Å²) in [6, 6.07) is -1.10. The first-order valence-corrected chi connectivity index (χ1v) is 5.51. The van der Waals surface area contributed by atoms with Crippen LogP contribution >= 0.6 is 0 Å². The number of nitrogens with two attached hydrogens (primary N) is 1. The average Bonchev–Trinajstić information content (AvgIpc) is 2.29. The molecule has 0 aliphatic carbocycles. The van der Waals surface area contributed by atoms with Gasteiger partial charge in [0, 0.05) is 26.2 Å². The Balaban J connectivity index is 2.59. The van der Waals surface area contributed by atoms with Crippen LogP contribution in [0.2, 0.25) is 0 Å². The Morgan fingerprint density at radius 3 is 2.47 bits per heavy atom. The molecular weight excluding hydrogens is 228 g/mol. The maximum atomic E-state index is 11.9. The smallest absolute Gasteiger partial charge is 0.326 e. The second kappa shape index (κ2) is 5.95. The molecule has 1 rings (SSSR count). The highest BCUT2D eigenvalue weighted by molar-refractivity contribution is 5.90. The average molecular weight is 246 g/mol. The maximum Gasteiger partial charge on any atom is 0.326 e. The predicted octanol–water partition coefficient (Wildman–Crippen LogP) is -1.55. The largest absolute Gasteiger partial charge is 0.480 e. The van der Waals surface area contributed by atoms with Crippen LogP contribution in [0.3, 0.4) is 0 Å². The first kappa shape index (κ1) is 13.9. The summed E-state index contributed by atoms with van der Waals surface area (Å²) in [7, 11) is 0. The molecule has 98 valence electrons. The minimum atomic E-state index is -1.18. The number of aliphatic carboxylic acids is 1. The van der Waals surface area contributed by atoms with Gasteiger partial charge in [-0.25, -0.2) is 4.79 Å². The summed E-state index contributed by atoms with van der Waals surface area (Å²) in [5.41, 5.74) is 4.83. The molecule has 1 heterocycles. The first-order chi connectivity index (χ1) is 7.99. The van der Waals surface area contributed by atoms with Gasteiger partial charge in [-0.2, -0.15) is 0 Å². The lowest BCUT2D eigenvalue weighted by Gasteiger charge is -2.32. The third-order valence-corrected chi connectivity index (χ3v) is 2.86. The summed E-state index contributed by atoms with van der Waals surface area (Å²) in [4.78, 5) is 22.7. The molecule has 1 atom stereocenters. The molecule has 1 fully saturated rings. The fourth-order valence-electron chi connectivity index (χ4n) is 1.65. The van der Waals surface area contributed by atoms with Crippen LogP contribution in [0.4, 0.5) is 0 Å². The Bertz CT molecular complexity index is 288. The van der Waals surface area contributed by atoms with Gasteiger partial charge in [-0.3, -0.25) is 4.79 Å². The van der Waals surface area contributed by atoms with Gasteiger partial charge in [0.15, 0.2) is 0 Å². The fraction of sp³-hybridized carbons (Fsp3) is 0.800. The van der Waals surface area contributed by atoms with E-state index in [1.165, 1.54) is 0 Å². The van der Waals surface area contributed by atoms with Gasteiger partial charge in [-0.1, -0.05) is 0 Å². The van der Waals surface area contributed by atoms with Gasteiger partial charge in [0.05, 0.1) is 5.54 Å². The molecule has 0 aromatic rings. The van der Waals surface area contributed by atoms with E-state index in [0.717, 1.165) is 0 Å². The molecule has 1 aliphatic rings. The molecule has 0 spiro atoms. The van der Waals surface area contributed by atoms with Crippen LogP contribution in [0.15, 0.2) is 0 Å². The summed E-state index contributed by atoms with van der Waals surface area (Å²) in [5, 5.41) is 19.9. The fourth-order valence-corrected chi connectivity index (χ4v) is 1.65. The molecule has 1 unspecified atom stereocenters. The Morgan fingerprint density at radius 2 is 2.00 bits per heavy atom. The number of aliphatic hydroxyl groups excluding tert-OH is 1. The number of nitrogens with one attached hydrogen (secondary N) is 1. The Hall–Kier alpha value is -1.18. The number of ether oxygens (including phenoxy) is 1. The second-order valence-electron chi connectivity index (χ2n) is 4.15. The van der Waals surface area contributed by atoms with Crippen LogP contribution < -0.4 is 11.1 Å². The van der Waals surface area contributed by atoms with Crippen molar-refractivity contribution >= 4 is 11.9 Å². The van der Waals surface area contributed by atoms with Crippen LogP contribution in [-0.2, 0) is 14.3 Å². The van der Waals surface area contributed by atoms with Gasteiger partial charge in [0.25, 0.3) is 0 Å². The Labute approximate surface area is 98.9 Å². The lowest BCUT2D eigenvalue weighted by Crippen LogP contribution is -2.59. The molecule has 0 radical (unpaired) electrons. The zero-order valence-corrected chi connectivity index (χ0v) is 9.52. The molecule has 7 heteroatoms. The van der Waals surface area contributed by atoms with Gasteiger partial charge in [0.1, 0.15) is 6.04 Å². The van der Waals surface area contributed by atoms with Crippen molar-refractivity contribution in [2.45, 2.75) is 30.8 Å². The topological polar surface area (TPSA) is 122 Å². The number of hydrogen-bond donors (Lipinski definition) is 4. The SMILES string of the molecule is NC1(C(=O)NC(CCO)C(=O)O)CCOCC1. The van der Waals surface area contributed by atoms with Crippen molar-refractivity contribution in [2.24, 2.45) is 5.73 Å². The van der Waals surface area contributed by atoms with Crippen molar-refractivity contribution in [3.05, 3.63) is 0 Å². The van der Waals surface area contributed by atoms with Gasteiger partial charge in [0.2, 0.25) is 5.91 Å². The molecule has 0 saturated carbocycles. The second-order valence-corrected chi connectivity index (χ2v) is 4.15. The van der Waals surface area contributed by atoms with Crippen molar-refractivity contribution in [2.75, 3.05) is 19.8 Å². The minimum Gasteiger partial charge on any atom is -0.480 e. The quantitative estimate of drug-likeness (QED) is 0.465. The number of carboxylic acid groups (broad SMARTS) is 1. The van der Waals surface area contributed by atoms with E-state index in [4.69, 9.17) is 20.7 Å². The maximum absolute atomic E-state index is 11.9. The summed E-state index contributed by atoms with van der Waals surface area (Å²) < 4.78 is 5.10. The van der Waals surface area contributed by atoms with Crippen LogP contribution in [0, 0.1) is 0 Å². The van der Waals surface area contributed by atoms with Crippen molar-refractivity contribution < 1.29 is 24.5 Å². The standard InChI is InChI=1S/C10H18N2O5/c11-10(2-5-17-6-3-10)9(16)12-7(1-4-13)8(14)15/h7,13H,1-6,11H2,(H,12,16)(H,14,15). The number of carbonyl (C=O) groups excluding carboxylic acids is 1. The van der Waals surface area contributed by atoms with E-state index in [-0.39, 0.29) is 13.0 Å². The molecule has 0 aromatic carbocycles. The Kier molecular flexibility index (Phi) is 4.86. The van der Waals surface area contributed by atoms with Crippen molar-refractivity contribution in [1.82, 2.24) is 5.32 Å². The number of carbonyl (C=O) groups is 2. The highest BCUT2D eigenvalue weighted by atomic mass is 16.5. The number of rotatable bonds is 5. The van der Waals surface area contributed by atoms with Gasteiger partial charge >= 0.3 is 5.97 Å². The van der Waals surface area contributed by atoms with Crippen LogP contribution in [0.5, 0.6) is 0 Å².